The molecular formula is C20H22F2N2O3S. The second-order valence-electron chi connectivity index (χ2n) is 6.61. The van der Waals surface area contributed by atoms with Crippen LogP contribution in [-0.4, -0.2) is 42.5 Å². The number of ether oxygens (including phenoxy) is 2. The maximum absolute atomic E-state index is 13.7. The third-order valence-corrected chi connectivity index (χ3v) is 4.97. The summed E-state index contributed by atoms with van der Waals surface area (Å²) in [6.45, 7) is 1.04. The molecule has 150 valence electrons. The van der Waals surface area contributed by atoms with E-state index in [2.05, 4.69) is 17.9 Å². The van der Waals surface area contributed by atoms with Crippen molar-refractivity contribution in [3.63, 3.8) is 0 Å². The average Bonchev–Trinajstić information content (AvgIpc) is 3.06. The van der Waals surface area contributed by atoms with Gasteiger partial charge >= 0.3 is 6.09 Å². The number of hydrogen-bond donors (Lipinski definition) is 2. The van der Waals surface area contributed by atoms with Crippen LogP contribution in [0.2, 0.25) is 0 Å². The third kappa shape index (κ3) is 5.14. The van der Waals surface area contributed by atoms with Crippen LogP contribution < -0.4 is 14.8 Å². The van der Waals surface area contributed by atoms with Crippen LogP contribution in [0, 0.1) is 11.6 Å². The number of hydrogen-bond acceptors (Lipinski definition) is 5. The molecule has 0 unspecified atom stereocenters. The summed E-state index contributed by atoms with van der Waals surface area (Å²) in [5, 5.41) is 3.12. The molecule has 0 radical (unpaired) electrons. The molecule has 3 rings (SSSR count). The quantitative estimate of drug-likeness (QED) is 0.717. The number of amides is 1. The maximum Gasteiger partial charge on any atom is 0.415 e. The van der Waals surface area contributed by atoms with Crippen LogP contribution in [0.25, 0.3) is 0 Å². The predicted molar refractivity (Wildman–Crippen MR) is 105 cm³/mol. The lowest BCUT2D eigenvalue weighted by atomic mass is 10.2. The number of methoxy groups -OCH3 is 1. The molecule has 0 spiro atoms. The Kier molecular flexibility index (Phi) is 6.74. The average molecular weight is 408 g/mol. The highest BCUT2D eigenvalue weighted by molar-refractivity contribution is 7.81. The number of likely N-dealkylation sites (tertiary alicyclic amines) is 1. The standard InChI is InChI=1S/C20H22F2N2O3S/c1-26-16-3-5-17(6-4-16)27-20(25)24-12-18(28)9-15(24)11-23-10-13-8-14(21)2-7-19(13)22/h2-8,15,18,23,28H,9-12H2,1H3/t15-,18+/m0/s1. The van der Waals surface area contributed by atoms with Crippen molar-refractivity contribution >= 4 is 18.7 Å². The van der Waals surface area contributed by atoms with E-state index < -0.39 is 17.7 Å². The summed E-state index contributed by atoms with van der Waals surface area (Å²) in [6, 6.07) is 9.93. The lowest BCUT2D eigenvalue weighted by Crippen LogP contribution is -2.43. The zero-order chi connectivity index (χ0) is 20.1. The predicted octanol–water partition coefficient (Wildman–Crippen LogP) is 3.63. The Balaban J connectivity index is 1.57. The molecule has 5 nitrogen and oxygen atoms in total. The third-order valence-electron chi connectivity index (χ3n) is 4.59. The lowest BCUT2D eigenvalue weighted by Gasteiger charge is -2.24. The molecule has 1 aliphatic heterocycles. The van der Waals surface area contributed by atoms with Crippen molar-refractivity contribution in [2.45, 2.75) is 24.3 Å². The fraction of sp³-hybridized carbons (Fsp3) is 0.350. The van der Waals surface area contributed by atoms with Crippen LogP contribution in [0.5, 0.6) is 11.5 Å². The second kappa shape index (κ2) is 9.25. The molecule has 1 amide bonds. The van der Waals surface area contributed by atoms with E-state index >= 15 is 0 Å². The largest absolute Gasteiger partial charge is 0.497 e. The molecule has 0 aromatic heterocycles. The number of carbonyl (C=O) groups is 1. The van der Waals surface area contributed by atoms with Gasteiger partial charge in [0, 0.05) is 36.5 Å². The zero-order valence-electron chi connectivity index (χ0n) is 15.4. The first-order valence-corrected chi connectivity index (χ1v) is 9.43. The molecule has 1 fully saturated rings. The number of halogens is 2. The van der Waals surface area contributed by atoms with Crippen molar-refractivity contribution in [3.8, 4) is 11.5 Å². The normalized spacial score (nSPS) is 18.9. The van der Waals surface area contributed by atoms with Crippen molar-refractivity contribution in [3.05, 3.63) is 59.7 Å². The molecule has 1 heterocycles. The van der Waals surface area contributed by atoms with Crippen molar-refractivity contribution in [1.82, 2.24) is 10.2 Å². The molecular weight excluding hydrogens is 386 g/mol. The van der Waals surface area contributed by atoms with E-state index in [1.807, 2.05) is 0 Å². The molecule has 2 atom stereocenters. The van der Waals surface area contributed by atoms with Gasteiger partial charge in [0.1, 0.15) is 23.1 Å². The lowest BCUT2D eigenvalue weighted by molar-refractivity contribution is 0.146. The smallest absolute Gasteiger partial charge is 0.415 e. The number of thiol groups is 1. The number of nitrogens with zero attached hydrogens (tertiary/aromatic N) is 1. The summed E-state index contributed by atoms with van der Waals surface area (Å²) >= 11 is 4.48. The zero-order valence-corrected chi connectivity index (χ0v) is 16.3. The van der Waals surface area contributed by atoms with Crippen molar-refractivity contribution in [2.75, 3.05) is 20.2 Å². The van der Waals surface area contributed by atoms with Gasteiger partial charge in [-0.05, 0) is 48.9 Å². The summed E-state index contributed by atoms with van der Waals surface area (Å²) in [7, 11) is 1.56. The van der Waals surface area contributed by atoms with Gasteiger partial charge in [-0.1, -0.05) is 0 Å². The van der Waals surface area contributed by atoms with Crippen LogP contribution in [0.15, 0.2) is 42.5 Å². The summed E-state index contributed by atoms with van der Waals surface area (Å²) in [4.78, 5) is 14.2. The van der Waals surface area contributed by atoms with Crippen LogP contribution in [-0.2, 0) is 6.54 Å². The Morgan fingerprint density at radius 1 is 1.21 bits per heavy atom. The Hall–Kier alpha value is -2.32. The molecule has 8 heteroatoms. The van der Waals surface area contributed by atoms with E-state index in [-0.39, 0.29) is 23.4 Å². The van der Waals surface area contributed by atoms with Gasteiger partial charge in [-0.3, -0.25) is 0 Å². The van der Waals surface area contributed by atoms with Gasteiger partial charge in [0.25, 0.3) is 0 Å². The SMILES string of the molecule is COc1ccc(OC(=O)N2C[C@H](S)C[C@H]2CNCc2cc(F)ccc2F)cc1. The van der Waals surface area contributed by atoms with Gasteiger partial charge in [0.05, 0.1) is 7.11 Å². The first-order valence-electron chi connectivity index (χ1n) is 8.91. The maximum atomic E-state index is 13.7. The van der Waals surface area contributed by atoms with Crippen LogP contribution in [0.1, 0.15) is 12.0 Å². The summed E-state index contributed by atoms with van der Waals surface area (Å²) in [5.41, 5.74) is 0.243. The van der Waals surface area contributed by atoms with Gasteiger partial charge in [0.2, 0.25) is 0 Å². The van der Waals surface area contributed by atoms with E-state index in [0.717, 1.165) is 18.2 Å². The molecule has 0 saturated carbocycles. The molecule has 0 bridgehead atoms. The highest BCUT2D eigenvalue weighted by Crippen LogP contribution is 2.24. The van der Waals surface area contributed by atoms with Crippen molar-refractivity contribution in [1.29, 1.82) is 0 Å². The molecule has 1 aliphatic rings. The summed E-state index contributed by atoms with van der Waals surface area (Å²) in [6.07, 6.45) is 0.213. The topological polar surface area (TPSA) is 50.8 Å². The minimum absolute atomic E-state index is 0.0288. The first-order chi connectivity index (χ1) is 13.5. The number of benzene rings is 2. The van der Waals surface area contributed by atoms with Crippen LogP contribution >= 0.6 is 12.6 Å². The highest BCUT2D eigenvalue weighted by Gasteiger charge is 2.34. The van der Waals surface area contributed by atoms with Crippen molar-refractivity contribution < 1.29 is 23.0 Å². The van der Waals surface area contributed by atoms with E-state index in [1.165, 1.54) is 0 Å². The van der Waals surface area contributed by atoms with Gasteiger partial charge in [-0.25, -0.2) is 13.6 Å². The second-order valence-corrected chi connectivity index (χ2v) is 7.34. The number of rotatable bonds is 6. The number of carbonyl (C=O) groups excluding carboxylic acids is 1. The minimum Gasteiger partial charge on any atom is -0.497 e. The van der Waals surface area contributed by atoms with Crippen molar-refractivity contribution in [2.24, 2.45) is 0 Å². The fourth-order valence-electron chi connectivity index (χ4n) is 3.16. The van der Waals surface area contributed by atoms with Crippen LogP contribution in [0.3, 0.4) is 0 Å². The van der Waals surface area contributed by atoms with E-state index in [9.17, 15) is 13.6 Å². The molecule has 1 saturated heterocycles. The molecule has 0 aliphatic carbocycles. The number of nitrogens with one attached hydrogen (secondary N) is 1. The van der Waals surface area contributed by atoms with Gasteiger partial charge < -0.3 is 19.7 Å². The first kappa shape index (κ1) is 20.4. The molecule has 2 aromatic carbocycles. The van der Waals surface area contributed by atoms with E-state index in [4.69, 9.17) is 9.47 Å². The van der Waals surface area contributed by atoms with Gasteiger partial charge in [-0.2, -0.15) is 12.6 Å². The summed E-state index contributed by atoms with van der Waals surface area (Å²) < 4.78 is 37.5. The fourth-order valence-corrected chi connectivity index (χ4v) is 3.58. The minimum atomic E-state index is -0.487. The van der Waals surface area contributed by atoms with Gasteiger partial charge in [0.15, 0.2) is 0 Å². The van der Waals surface area contributed by atoms with E-state index in [0.29, 0.717) is 31.0 Å². The highest BCUT2D eigenvalue weighted by atomic mass is 32.1. The molecule has 2 aromatic rings. The Morgan fingerprint density at radius 2 is 1.93 bits per heavy atom. The summed E-state index contributed by atoms with van der Waals surface area (Å²) in [5.74, 6) is 0.132. The monoisotopic (exact) mass is 408 g/mol. The Bertz CT molecular complexity index is 820. The Morgan fingerprint density at radius 3 is 2.64 bits per heavy atom. The molecule has 28 heavy (non-hydrogen) atoms. The van der Waals surface area contributed by atoms with Crippen LogP contribution in [0.4, 0.5) is 13.6 Å². The molecule has 1 N–H and O–H groups in total. The van der Waals surface area contributed by atoms with E-state index in [1.54, 1.807) is 36.3 Å². The van der Waals surface area contributed by atoms with Gasteiger partial charge in [-0.15, -0.1) is 0 Å². The Labute approximate surface area is 168 Å².